The first-order valence-electron chi connectivity index (χ1n) is 6.38. The van der Waals surface area contributed by atoms with Gasteiger partial charge in [0, 0.05) is 24.1 Å². The molecule has 0 aromatic heterocycles. The molecule has 0 fully saturated rings. The average molecular weight is 259 g/mol. The van der Waals surface area contributed by atoms with Crippen LogP contribution in [0.15, 0.2) is 48.5 Å². The zero-order valence-electron chi connectivity index (χ0n) is 11.0. The third kappa shape index (κ3) is 3.80. The summed E-state index contributed by atoms with van der Waals surface area (Å²) in [6.07, 6.45) is 0.787. The molecule has 1 atom stereocenters. The summed E-state index contributed by atoms with van der Waals surface area (Å²) in [5.41, 5.74) is 7.87. The molecule has 0 spiro atoms. The van der Waals surface area contributed by atoms with Gasteiger partial charge in [0.15, 0.2) is 0 Å². The number of halogens is 1. The van der Waals surface area contributed by atoms with Gasteiger partial charge < -0.3 is 10.5 Å². The zero-order valence-corrected chi connectivity index (χ0v) is 11.0. The maximum atomic E-state index is 13.2. The number of rotatable bonds is 5. The van der Waals surface area contributed by atoms with Gasteiger partial charge in [0.25, 0.3) is 0 Å². The minimum Gasteiger partial charge on any atom is -0.493 e. The molecule has 3 heteroatoms. The molecule has 0 aliphatic heterocycles. The summed E-state index contributed by atoms with van der Waals surface area (Å²) in [5.74, 6) is 0.227. The molecule has 19 heavy (non-hydrogen) atoms. The van der Waals surface area contributed by atoms with Gasteiger partial charge in [-0.2, -0.15) is 0 Å². The van der Waals surface area contributed by atoms with Crippen molar-refractivity contribution in [2.24, 2.45) is 5.73 Å². The van der Waals surface area contributed by atoms with Crippen molar-refractivity contribution in [3.8, 4) is 5.75 Å². The van der Waals surface area contributed by atoms with E-state index in [-0.39, 0.29) is 11.9 Å². The van der Waals surface area contributed by atoms with E-state index >= 15 is 0 Å². The first-order chi connectivity index (χ1) is 9.16. The van der Waals surface area contributed by atoms with Crippen LogP contribution in [0.25, 0.3) is 0 Å². The standard InChI is InChI=1S/C16H18FNO/c1-12(18)15-8-7-14(17)11-16(15)19-10-9-13-5-3-2-4-6-13/h2-8,11-12H,9-10,18H2,1H3. The van der Waals surface area contributed by atoms with Crippen LogP contribution in [0.5, 0.6) is 5.75 Å². The Bertz CT molecular complexity index is 526. The first-order valence-corrected chi connectivity index (χ1v) is 6.38. The third-order valence-corrected chi connectivity index (χ3v) is 2.96. The molecule has 0 bridgehead atoms. The second kappa shape index (κ2) is 6.34. The Hall–Kier alpha value is -1.87. The molecule has 0 aliphatic carbocycles. The van der Waals surface area contributed by atoms with Crippen molar-refractivity contribution in [3.63, 3.8) is 0 Å². The van der Waals surface area contributed by atoms with Crippen molar-refractivity contribution in [2.45, 2.75) is 19.4 Å². The Balaban J connectivity index is 2.01. The summed E-state index contributed by atoms with van der Waals surface area (Å²) in [7, 11) is 0. The summed E-state index contributed by atoms with van der Waals surface area (Å²) >= 11 is 0. The van der Waals surface area contributed by atoms with Crippen molar-refractivity contribution in [2.75, 3.05) is 6.61 Å². The second-order valence-corrected chi connectivity index (χ2v) is 4.55. The maximum Gasteiger partial charge on any atom is 0.126 e. The molecule has 2 nitrogen and oxygen atoms in total. The number of ether oxygens (including phenoxy) is 1. The lowest BCUT2D eigenvalue weighted by Gasteiger charge is -2.14. The van der Waals surface area contributed by atoms with Crippen LogP contribution < -0.4 is 10.5 Å². The summed E-state index contributed by atoms with van der Waals surface area (Å²) in [6.45, 7) is 2.37. The lowest BCUT2D eigenvalue weighted by Crippen LogP contribution is -2.10. The molecule has 2 N–H and O–H groups in total. The van der Waals surface area contributed by atoms with Gasteiger partial charge in [-0.1, -0.05) is 36.4 Å². The zero-order chi connectivity index (χ0) is 13.7. The summed E-state index contributed by atoms with van der Waals surface area (Å²) in [5, 5.41) is 0. The normalized spacial score (nSPS) is 12.2. The maximum absolute atomic E-state index is 13.2. The van der Waals surface area contributed by atoms with E-state index in [9.17, 15) is 4.39 Å². The highest BCUT2D eigenvalue weighted by atomic mass is 19.1. The van der Waals surface area contributed by atoms with E-state index in [0.29, 0.717) is 12.4 Å². The Labute approximate surface area is 113 Å². The lowest BCUT2D eigenvalue weighted by molar-refractivity contribution is 0.315. The topological polar surface area (TPSA) is 35.2 Å². The molecule has 0 aliphatic rings. The van der Waals surface area contributed by atoms with Crippen molar-refractivity contribution < 1.29 is 9.13 Å². The van der Waals surface area contributed by atoms with Gasteiger partial charge in [-0.15, -0.1) is 0 Å². The van der Waals surface area contributed by atoms with E-state index in [0.717, 1.165) is 12.0 Å². The number of benzene rings is 2. The fourth-order valence-electron chi connectivity index (χ4n) is 1.93. The van der Waals surface area contributed by atoms with Crippen molar-refractivity contribution in [1.29, 1.82) is 0 Å². The predicted octanol–water partition coefficient (Wildman–Crippen LogP) is 3.47. The molecule has 0 amide bonds. The molecule has 0 saturated carbocycles. The molecule has 2 rings (SSSR count). The van der Waals surface area contributed by atoms with Crippen LogP contribution in [-0.2, 0) is 6.42 Å². The minimum absolute atomic E-state index is 0.174. The quantitative estimate of drug-likeness (QED) is 0.892. The van der Waals surface area contributed by atoms with E-state index in [4.69, 9.17) is 10.5 Å². The van der Waals surface area contributed by atoms with Gasteiger partial charge in [-0.05, 0) is 18.6 Å². The Kier molecular flexibility index (Phi) is 4.53. The van der Waals surface area contributed by atoms with E-state index in [2.05, 4.69) is 0 Å². The molecule has 0 heterocycles. The van der Waals surface area contributed by atoms with Gasteiger partial charge >= 0.3 is 0 Å². The van der Waals surface area contributed by atoms with E-state index in [1.165, 1.54) is 17.7 Å². The SMILES string of the molecule is CC(N)c1ccc(F)cc1OCCc1ccccc1. The van der Waals surface area contributed by atoms with Crippen LogP contribution >= 0.6 is 0 Å². The van der Waals surface area contributed by atoms with Crippen LogP contribution in [0.4, 0.5) is 4.39 Å². The van der Waals surface area contributed by atoms with Crippen LogP contribution in [0.3, 0.4) is 0 Å². The van der Waals surface area contributed by atoms with Crippen LogP contribution in [0.1, 0.15) is 24.1 Å². The molecule has 2 aromatic carbocycles. The smallest absolute Gasteiger partial charge is 0.126 e. The average Bonchev–Trinajstić information content (AvgIpc) is 2.39. The molecular weight excluding hydrogens is 241 g/mol. The molecule has 1 unspecified atom stereocenters. The number of nitrogens with two attached hydrogens (primary N) is 1. The largest absolute Gasteiger partial charge is 0.493 e. The minimum atomic E-state index is -0.306. The highest BCUT2D eigenvalue weighted by Crippen LogP contribution is 2.24. The molecule has 100 valence electrons. The highest BCUT2D eigenvalue weighted by molar-refractivity contribution is 5.36. The molecule has 0 radical (unpaired) electrons. The fraction of sp³-hybridized carbons (Fsp3) is 0.250. The Morgan fingerprint density at radius 3 is 2.58 bits per heavy atom. The molecule has 2 aromatic rings. The van der Waals surface area contributed by atoms with Gasteiger partial charge in [-0.3, -0.25) is 0 Å². The summed E-state index contributed by atoms with van der Waals surface area (Å²) in [6, 6.07) is 14.3. The van der Waals surface area contributed by atoms with Gasteiger partial charge in [0.1, 0.15) is 11.6 Å². The summed E-state index contributed by atoms with van der Waals surface area (Å²) in [4.78, 5) is 0. The number of hydrogen-bond donors (Lipinski definition) is 1. The lowest BCUT2D eigenvalue weighted by atomic mass is 10.1. The van der Waals surface area contributed by atoms with E-state index < -0.39 is 0 Å². The van der Waals surface area contributed by atoms with Crippen molar-refractivity contribution >= 4 is 0 Å². The van der Waals surface area contributed by atoms with E-state index in [1.54, 1.807) is 6.07 Å². The Morgan fingerprint density at radius 1 is 1.16 bits per heavy atom. The van der Waals surface area contributed by atoms with Gasteiger partial charge in [-0.25, -0.2) is 4.39 Å². The predicted molar refractivity (Wildman–Crippen MR) is 74.6 cm³/mol. The molecular formula is C16H18FNO. The Morgan fingerprint density at radius 2 is 1.89 bits per heavy atom. The highest BCUT2D eigenvalue weighted by Gasteiger charge is 2.09. The van der Waals surface area contributed by atoms with Crippen LogP contribution in [-0.4, -0.2) is 6.61 Å². The monoisotopic (exact) mass is 259 g/mol. The molecule has 0 saturated heterocycles. The van der Waals surface area contributed by atoms with Gasteiger partial charge in [0.05, 0.1) is 6.61 Å². The number of hydrogen-bond acceptors (Lipinski definition) is 2. The van der Waals surface area contributed by atoms with E-state index in [1.807, 2.05) is 37.3 Å². The van der Waals surface area contributed by atoms with Crippen molar-refractivity contribution in [3.05, 3.63) is 65.5 Å². The van der Waals surface area contributed by atoms with Crippen LogP contribution in [0.2, 0.25) is 0 Å². The third-order valence-electron chi connectivity index (χ3n) is 2.96. The van der Waals surface area contributed by atoms with Gasteiger partial charge in [0.2, 0.25) is 0 Å². The van der Waals surface area contributed by atoms with Crippen LogP contribution in [0, 0.1) is 5.82 Å². The first kappa shape index (κ1) is 13.6. The summed E-state index contributed by atoms with van der Waals surface area (Å²) < 4.78 is 18.9. The second-order valence-electron chi connectivity index (χ2n) is 4.55. The fourth-order valence-corrected chi connectivity index (χ4v) is 1.93. The van der Waals surface area contributed by atoms with Crippen molar-refractivity contribution in [1.82, 2.24) is 0 Å².